The monoisotopic (exact) mass is 330 g/mol. The first-order valence-corrected chi connectivity index (χ1v) is 8.21. The van der Waals surface area contributed by atoms with E-state index in [1.54, 1.807) is 0 Å². The summed E-state index contributed by atoms with van der Waals surface area (Å²) in [5.41, 5.74) is 5.79. The van der Waals surface area contributed by atoms with Gasteiger partial charge >= 0.3 is 0 Å². The quantitative estimate of drug-likeness (QED) is 0.797. The van der Waals surface area contributed by atoms with Crippen LogP contribution in [0.25, 0.3) is 0 Å². The van der Waals surface area contributed by atoms with Gasteiger partial charge in [0.15, 0.2) is 0 Å². The smallest absolute Gasteiger partial charge is 0.275 e. The minimum Gasteiger partial charge on any atom is -0.320 e. The molecule has 0 saturated heterocycles. The van der Waals surface area contributed by atoms with Crippen LogP contribution in [0.4, 0.5) is 11.4 Å². The predicted octanol–water partition coefficient (Wildman–Crippen LogP) is 3.62. The number of carbonyl (C=O) groups is 1. The van der Waals surface area contributed by atoms with Crippen LogP contribution in [0, 0.1) is 13.8 Å². The van der Waals surface area contributed by atoms with Crippen molar-refractivity contribution in [2.45, 2.75) is 20.4 Å². The minimum absolute atomic E-state index is 0.171. The lowest BCUT2D eigenvalue weighted by atomic mass is 10.1. The molecule has 0 spiro atoms. The maximum Gasteiger partial charge on any atom is 0.275 e. The highest BCUT2D eigenvalue weighted by atomic mass is 16.2. The Balaban J connectivity index is 1.74. The van der Waals surface area contributed by atoms with E-state index >= 15 is 0 Å². The molecule has 1 amide bonds. The summed E-state index contributed by atoms with van der Waals surface area (Å²) in [6.45, 7) is 4.59. The second kappa shape index (κ2) is 6.02. The molecule has 1 N–H and O–H groups in total. The Hall–Kier alpha value is -3.21. The zero-order chi connectivity index (χ0) is 17.4. The summed E-state index contributed by atoms with van der Waals surface area (Å²) >= 11 is 0. The number of fused-ring (bicyclic) bond motifs is 1. The molecule has 0 saturated carbocycles. The van der Waals surface area contributed by atoms with Crippen molar-refractivity contribution < 1.29 is 4.79 Å². The number of nitrogens with one attached hydrogen (secondary N) is 1. The van der Waals surface area contributed by atoms with Gasteiger partial charge in [0.25, 0.3) is 5.91 Å². The summed E-state index contributed by atoms with van der Waals surface area (Å²) in [4.78, 5) is 16.9. The number of aromatic nitrogens is 2. The topological polar surface area (TPSA) is 59.3 Å². The van der Waals surface area contributed by atoms with Crippen molar-refractivity contribution in [1.29, 1.82) is 0 Å². The van der Waals surface area contributed by atoms with Gasteiger partial charge in [-0.3, -0.25) is 9.48 Å². The molecule has 1 aromatic heterocycles. The van der Waals surface area contributed by atoms with E-state index in [1.165, 1.54) is 5.56 Å². The highest BCUT2D eigenvalue weighted by molar-refractivity contribution is 6.54. The van der Waals surface area contributed by atoms with Crippen LogP contribution in [-0.2, 0) is 11.3 Å². The number of anilines is 1. The van der Waals surface area contributed by atoms with Crippen molar-refractivity contribution in [3.8, 4) is 0 Å². The van der Waals surface area contributed by atoms with Gasteiger partial charge in [-0.2, -0.15) is 5.10 Å². The largest absolute Gasteiger partial charge is 0.320 e. The normalized spacial score (nSPS) is 14.6. The summed E-state index contributed by atoms with van der Waals surface area (Å²) in [6.07, 6.45) is 0. The Labute approximate surface area is 146 Å². The second-order valence-electron chi connectivity index (χ2n) is 6.12. The van der Waals surface area contributed by atoms with Gasteiger partial charge in [-0.15, -0.1) is 0 Å². The Morgan fingerprint density at radius 2 is 1.76 bits per heavy atom. The molecule has 0 atom stereocenters. The van der Waals surface area contributed by atoms with Gasteiger partial charge in [-0.1, -0.05) is 48.5 Å². The molecule has 25 heavy (non-hydrogen) atoms. The highest BCUT2D eigenvalue weighted by Gasteiger charge is 2.26. The number of para-hydroxylation sites is 1. The summed E-state index contributed by atoms with van der Waals surface area (Å²) < 4.78 is 1.93. The number of carbonyl (C=O) groups excluding carboxylic acids is 1. The number of aliphatic imine (C=N–C) groups is 1. The maximum atomic E-state index is 12.3. The number of aryl methyl sites for hydroxylation is 1. The molecular weight excluding hydrogens is 312 g/mol. The summed E-state index contributed by atoms with van der Waals surface area (Å²) in [7, 11) is 0. The molecule has 2 heterocycles. The Kier molecular flexibility index (Phi) is 3.69. The van der Waals surface area contributed by atoms with Gasteiger partial charge in [0.1, 0.15) is 11.4 Å². The molecule has 5 heteroatoms. The van der Waals surface area contributed by atoms with E-state index in [2.05, 4.69) is 27.5 Å². The zero-order valence-corrected chi connectivity index (χ0v) is 14.2. The highest BCUT2D eigenvalue weighted by Crippen LogP contribution is 2.29. The van der Waals surface area contributed by atoms with Crippen LogP contribution in [-0.4, -0.2) is 21.4 Å². The molecule has 3 aromatic rings. The standard InChI is InChI=1S/C20H18N4O/c1-13-18(14(2)24(23-13)12-15-8-4-3-5-9-15)22-19-16-10-6-7-11-17(16)21-20(19)25/h3-11H,12H2,1-2H3,(H,21,22,25). The first-order chi connectivity index (χ1) is 12.1. The van der Waals surface area contributed by atoms with Crippen LogP contribution < -0.4 is 5.32 Å². The van der Waals surface area contributed by atoms with E-state index in [4.69, 9.17) is 0 Å². The van der Waals surface area contributed by atoms with Gasteiger partial charge in [-0.05, 0) is 25.5 Å². The van der Waals surface area contributed by atoms with E-state index in [0.29, 0.717) is 12.3 Å². The van der Waals surface area contributed by atoms with Crippen molar-refractivity contribution in [3.05, 3.63) is 77.1 Å². The van der Waals surface area contributed by atoms with E-state index in [-0.39, 0.29) is 5.91 Å². The fourth-order valence-electron chi connectivity index (χ4n) is 3.08. The van der Waals surface area contributed by atoms with Crippen LogP contribution in [0.15, 0.2) is 59.6 Å². The van der Waals surface area contributed by atoms with Crippen LogP contribution in [0.5, 0.6) is 0 Å². The van der Waals surface area contributed by atoms with Gasteiger partial charge < -0.3 is 5.32 Å². The molecular formula is C20H18N4O. The number of benzene rings is 2. The van der Waals surface area contributed by atoms with Gasteiger partial charge in [-0.25, -0.2) is 4.99 Å². The number of nitrogens with zero attached hydrogens (tertiary/aromatic N) is 3. The van der Waals surface area contributed by atoms with Crippen LogP contribution in [0.2, 0.25) is 0 Å². The number of hydrogen-bond donors (Lipinski definition) is 1. The fourth-order valence-corrected chi connectivity index (χ4v) is 3.08. The van der Waals surface area contributed by atoms with E-state index in [1.807, 2.05) is 61.0 Å². The number of amides is 1. The first-order valence-electron chi connectivity index (χ1n) is 8.21. The van der Waals surface area contributed by atoms with Crippen molar-refractivity contribution in [3.63, 3.8) is 0 Å². The molecule has 1 aliphatic heterocycles. The second-order valence-corrected chi connectivity index (χ2v) is 6.12. The lowest BCUT2D eigenvalue weighted by molar-refractivity contribution is -0.110. The third kappa shape index (κ3) is 2.74. The van der Waals surface area contributed by atoms with Crippen LogP contribution in [0.3, 0.4) is 0 Å². The molecule has 0 aliphatic carbocycles. The van der Waals surface area contributed by atoms with Gasteiger partial charge in [0, 0.05) is 5.56 Å². The lowest BCUT2D eigenvalue weighted by Gasteiger charge is -2.04. The molecule has 4 rings (SSSR count). The number of hydrogen-bond acceptors (Lipinski definition) is 3. The molecule has 0 unspecified atom stereocenters. The third-order valence-corrected chi connectivity index (χ3v) is 4.39. The van der Waals surface area contributed by atoms with Crippen molar-refractivity contribution in [1.82, 2.24) is 9.78 Å². The van der Waals surface area contributed by atoms with Crippen molar-refractivity contribution in [2.75, 3.05) is 5.32 Å². The lowest BCUT2D eigenvalue weighted by Crippen LogP contribution is -2.14. The van der Waals surface area contributed by atoms with E-state index < -0.39 is 0 Å². The summed E-state index contributed by atoms with van der Waals surface area (Å²) in [5, 5.41) is 7.46. The molecule has 124 valence electrons. The van der Waals surface area contributed by atoms with Gasteiger partial charge in [0.05, 0.1) is 23.6 Å². The van der Waals surface area contributed by atoms with Crippen molar-refractivity contribution >= 4 is 23.0 Å². The Morgan fingerprint density at radius 3 is 2.56 bits per heavy atom. The Bertz CT molecular complexity index is 986. The summed E-state index contributed by atoms with van der Waals surface area (Å²) in [5.74, 6) is -0.171. The zero-order valence-electron chi connectivity index (χ0n) is 14.2. The number of rotatable bonds is 3. The van der Waals surface area contributed by atoms with Crippen LogP contribution in [0.1, 0.15) is 22.5 Å². The van der Waals surface area contributed by atoms with Crippen LogP contribution >= 0.6 is 0 Å². The molecule has 2 aromatic carbocycles. The summed E-state index contributed by atoms with van der Waals surface area (Å²) in [6, 6.07) is 17.8. The molecule has 0 radical (unpaired) electrons. The SMILES string of the molecule is Cc1nn(Cc2ccccc2)c(C)c1N=C1C(=O)Nc2ccccc21. The predicted molar refractivity (Wildman–Crippen MR) is 98.5 cm³/mol. The fraction of sp³-hybridized carbons (Fsp3) is 0.150. The average molecular weight is 330 g/mol. The third-order valence-electron chi connectivity index (χ3n) is 4.39. The van der Waals surface area contributed by atoms with Crippen molar-refractivity contribution in [2.24, 2.45) is 4.99 Å². The first kappa shape index (κ1) is 15.3. The average Bonchev–Trinajstić information content (AvgIpc) is 3.07. The minimum atomic E-state index is -0.171. The molecule has 5 nitrogen and oxygen atoms in total. The molecule has 1 aliphatic rings. The van der Waals surface area contributed by atoms with E-state index in [0.717, 1.165) is 28.3 Å². The van der Waals surface area contributed by atoms with E-state index in [9.17, 15) is 4.79 Å². The maximum absolute atomic E-state index is 12.3. The van der Waals surface area contributed by atoms with Gasteiger partial charge in [0.2, 0.25) is 0 Å². The molecule has 0 fully saturated rings. The molecule has 0 bridgehead atoms. The Morgan fingerprint density at radius 1 is 1.04 bits per heavy atom.